The van der Waals surface area contributed by atoms with Crippen LogP contribution in [0.15, 0.2) is 23.8 Å². The van der Waals surface area contributed by atoms with Crippen LogP contribution in [0.3, 0.4) is 0 Å². The third-order valence-corrected chi connectivity index (χ3v) is 4.01. The molecule has 0 amide bonds. The number of hydrogen-bond acceptors (Lipinski definition) is 0. The molecule has 1 aliphatic rings. The maximum Gasteiger partial charge on any atom is 0.00869 e. The lowest BCUT2D eigenvalue weighted by Gasteiger charge is -2.33. The van der Waals surface area contributed by atoms with Crippen LogP contribution in [0.1, 0.15) is 47.5 Å². The predicted octanol–water partition coefficient (Wildman–Crippen LogP) is 4.58. The van der Waals surface area contributed by atoms with Gasteiger partial charge >= 0.3 is 0 Å². The number of rotatable bonds is 3. The Balaban J connectivity index is 3.01. The third kappa shape index (κ3) is 1.80. The van der Waals surface area contributed by atoms with Crippen molar-refractivity contribution >= 4 is 0 Å². The van der Waals surface area contributed by atoms with Gasteiger partial charge in [0.15, 0.2) is 0 Å². The molecule has 0 heterocycles. The summed E-state index contributed by atoms with van der Waals surface area (Å²) in [6, 6.07) is 0. The Hall–Kier alpha value is -0.520. The van der Waals surface area contributed by atoms with Crippen molar-refractivity contribution in [1.82, 2.24) is 0 Å². The minimum atomic E-state index is 0.240. The molecule has 0 radical (unpaired) electrons. The molecule has 1 aliphatic carbocycles. The topological polar surface area (TPSA) is 0 Å². The van der Waals surface area contributed by atoms with E-state index in [-0.39, 0.29) is 5.41 Å². The summed E-state index contributed by atoms with van der Waals surface area (Å²) < 4.78 is 0. The fourth-order valence-electron chi connectivity index (χ4n) is 2.70. The second-order valence-electron chi connectivity index (χ2n) is 5.20. The zero-order valence-corrected chi connectivity index (χ0v) is 10.4. The maximum atomic E-state index is 4.16. The first-order chi connectivity index (χ1) is 6.41. The van der Waals surface area contributed by atoms with Crippen LogP contribution < -0.4 is 0 Å². The molecule has 0 aliphatic heterocycles. The van der Waals surface area contributed by atoms with Gasteiger partial charge in [0, 0.05) is 5.41 Å². The molecule has 0 aromatic rings. The summed E-state index contributed by atoms with van der Waals surface area (Å²) >= 11 is 0. The summed E-state index contributed by atoms with van der Waals surface area (Å²) in [5, 5.41) is 0. The molecule has 0 fully saturated rings. The largest absolute Gasteiger partial charge is 0.0993 e. The van der Waals surface area contributed by atoms with E-state index in [4.69, 9.17) is 0 Å². The summed E-state index contributed by atoms with van der Waals surface area (Å²) in [4.78, 5) is 0. The molecule has 0 aromatic heterocycles. The van der Waals surface area contributed by atoms with Crippen molar-refractivity contribution in [2.75, 3.05) is 0 Å². The van der Waals surface area contributed by atoms with Gasteiger partial charge in [-0.1, -0.05) is 51.5 Å². The van der Waals surface area contributed by atoms with Crippen LogP contribution in [-0.4, -0.2) is 0 Å². The van der Waals surface area contributed by atoms with Crippen LogP contribution in [-0.2, 0) is 0 Å². The highest BCUT2D eigenvalue weighted by Gasteiger charge is 2.34. The zero-order chi connectivity index (χ0) is 10.9. The monoisotopic (exact) mass is 192 g/mol. The van der Waals surface area contributed by atoms with Gasteiger partial charge < -0.3 is 0 Å². The van der Waals surface area contributed by atoms with Crippen molar-refractivity contribution < 1.29 is 0 Å². The second kappa shape index (κ2) is 3.92. The van der Waals surface area contributed by atoms with Gasteiger partial charge in [0.05, 0.1) is 0 Å². The molecule has 80 valence electrons. The fourth-order valence-corrected chi connectivity index (χ4v) is 2.70. The van der Waals surface area contributed by atoms with Crippen molar-refractivity contribution in [3.63, 3.8) is 0 Å². The lowest BCUT2D eigenvalue weighted by atomic mass is 9.71. The molecule has 0 N–H and O–H groups in total. The van der Waals surface area contributed by atoms with Gasteiger partial charge in [0.25, 0.3) is 0 Å². The first-order valence-electron chi connectivity index (χ1n) is 5.80. The van der Waals surface area contributed by atoms with E-state index in [1.54, 1.807) is 5.57 Å². The molecule has 14 heavy (non-hydrogen) atoms. The van der Waals surface area contributed by atoms with Crippen LogP contribution in [0.2, 0.25) is 0 Å². The molecular formula is C14H24. The zero-order valence-electron chi connectivity index (χ0n) is 10.4. The van der Waals surface area contributed by atoms with E-state index in [1.807, 2.05) is 0 Å². The minimum absolute atomic E-state index is 0.240. The molecule has 3 unspecified atom stereocenters. The van der Waals surface area contributed by atoms with Crippen molar-refractivity contribution in [3.05, 3.63) is 23.8 Å². The molecular weight excluding hydrogens is 168 g/mol. The van der Waals surface area contributed by atoms with Crippen molar-refractivity contribution in [2.24, 2.45) is 17.3 Å². The van der Waals surface area contributed by atoms with E-state index >= 15 is 0 Å². The Labute approximate surface area is 89.1 Å². The summed E-state index contributed by atoms with van der Waals surface area (Å²) in [7, 11) is 0. The highest BCUT2D eigenvalue weighted by atomic mass is 14.4. The molecule has 0 saturated heterocycles. The Morgan fingerprint density at radius 1 is 1.57 bits per heavy atom. The van der Waals surface area contributed by atoms with Crippen LogP contribution in [0.4, 0.5) is 0 Å². The van der Waals surface area contributed by atoms with Gasteiger partial charge in [-0.25, -0.2) is 0 Å². The number of hydrogen-bond donors (Lipinski definition) is 0. The first-order valence-corrected chi connectivity index (χ1v) is 5.80. The third-order valence-electron chi connectivity index (χ3n) is 4.01. The van der Waals surface area contributed by atoms with Gasteiger partial charge in [0.2, 0.25) is 0 Å². The Kier molecular flexibility index (Phi) is 3.24. The average Bonchev–Trinajstić information content (AvgIpc) is 2.44. The van der Waals surface area contributed by atoms with Crippen LogP contribution in [0, 0.1) is 17.3 Å². The molecule has 0 aromatic carbocycles. The van der Waals surface area contributed by atoms with E-state index in [1.165, 1.54) is 18.4 Å². The van der Waals surface area contributed by atoms with Crippen LogP contribution >= 0.6 is 0 Å². The second-order valence-corrected chi connectivity index (χ2v) is 5.20. The van der Waals surface area contributed by atoms with Crippen LogP contribution in [0.5, 0.6) is 0 Å². The summed E-state index contributed by atoms with van der Waals surface area (Å²) in [5.41, 5.74) is 3.18. The molecule has 0 heteroatoms. The van der Waals surface area contributed by atoms with E-state index < -0.39 is 0 Å². The normalized spacial score (nSPS) is 31.1. The van der Waals surface area contributed by atoms with Crippen molar-refractivity contribution in [2.45, 2.75) is 47.5 Å². The summed E-state index contributed by atoms with van der Waals surface area (Å²) in [6.07, 6.45) is 4.96. The first kappa shape index (κ1) is 11.6. The fraction of sp³-hybridized carbons (Fsp3) is 0.714. The van der Waals surface area contributed by atoms with E-state index in [0.29, 0.717) is 0 Å². The summed E-state index contributed by atoms with van der Waals surface area (Å²) in [5.74, 6) is 1.50. The Morgan fingerprint density at radius 2 is 2.14 bits per heavy atom. The smallest absolute Gasteiger partial charge is 0.00869 e. The standard InChI is InChI=1S/C14H24/c1-7-14(6,10(2)3)13-9-11(4)8-12(13)5/h9,11-12H,2,7-8H2,1,3-6H3. The predicted molar refractivity (Wildman–Crippen MR) is 64.2 cm³/mol. The Bertz CT molecular complexity index is 259. The quantitative estimate of drug-likeness (QED) is 0.574. The maximum absolute atomic E-state index is 4.16. The van der Waals surface area contributed by atoms with Gasteiger partial charge in [-0.3, -0.25) is 0 Å². The molecule has 0 nitrogen and oxygen atoms in total. The SMILES string of the molecule is C=C(C)C(C)(CC)C1=CC(C)CC1C. The van der Waals surface area contributed by atoms with Crippen molar-refractivity contribution in [1.29, 1.82) is 0 Å². The van der Waals surface area contributed by atoms with Gasteiger partial charge in [-0.2, -0.15) is 0 Å². The van der Waals surface area contributed by atoms with E-state index in [0.717, 1.165) is 11.8 Å². The van der Waals surface area contributed by atoms with Gasteiger partial charge in [0.1, 0.15) is 0 Å². The Morgan fingerprint density at radius 3 is 2.43 bits per heavy atom. The van der Waals surface area contributed by atoms with Crippen molar-refractivity contribution in [3.8, 4) is 0 Å². The van der Waals surface area contributed by atoms with Crippen LogP contribution in [0.25, 0.3) is 0 Å². The minimum Gasteiger partial charge on any atom is -0.0993 e. The molecule has 0 bridgehead atoms. The average molecular weight is 192 g/mol. The summed E-state index contributed by atoms with van der Waals surface area (Å²) in [6.45, 7) is 15.6. The molecule has 1 rings (SSSR count). The van der Waals surface area contributed by atoms with Gasteiger partial charge in [-0.15, -0.1) is 0 Å². The molecule has 3 atom stereocenters. The van der Waals surface area contributed by atoms with Gasteiger partial charge in [-0.05, 0) is 31.6 Å². The highest BCUT2D eigenvalue weighted by molar-refractivity contribution is 5.30. The number of allylic oxidation sites excluding steroid dienone is 3. The lowest BCUT2D eigenvalue weighted by Crippen LogP contribution is -2.21. The molecule has 0 spiro atoms. The van der Waals surface area contributed by atoms with E-state index in [9.17, 15) is 0 Å². The van der Waals surface area contributed by atoms with E-state index in [2.05, 4.69) is 47.3 Å². The molecule has 0 saturated carbocycles. The lowest BCUT2D eigenvalue weighted by molar-refractivity contribution is 0.411. The highest BCUT2D eigenvalue weighted by Crippen LogP contribution is 2.46.